The van der Waals surface area contributed by atoms with Gasteiger partial charge in [-0.15, -0.1) is 0 Å². The van der Waals surface area contributed by atoms with E-state index in [0.717, 1.165) is 6.42 Å². The first kappa shape index (κ1) is 19.9. The van der Waals surface area contributed by atoms with Crippen LogP contribution in [0.1, 0.15) is 40.0 Å². The lowest BCUT2D eigenvalue weighted by Gasteiger charge is -2.24. The smallest absolute Gasteiger partial charge is 0.243 e. The minimum atomic E-state index is -0.721. The standard InChI is InChI=1S/C16H28N4O4/c1-4-17-14(22)9-18-15(23)12(8-11(2)3)19-16(24)13-6-5-7-20(13)10-21/h10-13H,4-9H2,1-3H3,(H,17,22)(H,18,23)(H,19,24)/t12-,13-/m0/s1. The van der Waals surface area contributed by atoms with Crippen LogP contribution in [0, 0.1) is 5.92 Å². The molecule has 0 spiro atoms. The van der Waals surface area contributed by atoms with Crippen molar-refractivity contribution in [1.29, 1.82) is 0 Å². The van der Waals surface area contributed by atoms with Crippen molar-refractivity contribution in [3.63, 3.8) is 0 Å². The van der Waals surface area contributed by atoms with Crippen LogP contribution in [0.5, 0.6) is 0 Å². The molecule has 8 heteroatoms. The van der Waals surface area contributed by atoms with E-state index < -0.39 is 12.1 Å². The van der Waals surface area contributed by atoms with Gasteiger partial charge < -0.3 is 20.9 Å². The van der Waals surface area contributed by atoms with Crippen molar-refractivity contribution in [2.75, 3.05) is 19.6 Å². The van der Waals surface area contributed by atoms with Gasteiger partial charge in [0.15, 0.2) is 0 Å². The van der Waals surface area contributed by atoms with Gasteiger partial charge in [-0.05, 0) is 32.1 Å². The normalized spacial score (nSPS) is 18.2. The first-order valence-corrected chi connectivity index (χ1v) is 8.44. The van der Waals surface area contributed by atoms with Crippen molar-refractivity contribution in [3.8, 4) is 0 Å². The van der Waals surface area contributed by atoms with Gasteiger partial charge in [-0.25, -0.2) is 0 Å². The molecular formula is C16H28N4O4. The van der Waals surface area contributed by atoms with Crippen LogP contribution in [-0.4, -0.2) is 60.7 Å². The fourth-order valence-corrected chi connectivity index (χ4v) is 2.72. The molecule has 8 nitrogen and oxygen atoms in total. The largest absolute Gasteiger partial charge is 0.355 e. The van der Waals surface area contributed by atoms with E-state index in [1.54, 1.807) is 6.92 Å². The number of hydrogen-bond acceptors (Lipinski definition) is 4. The lowest BCUT2D eigenvalue weighted by molar-refractivity contribution is -0.134. The average Bonchev–Trinajstić information content (AvgIpc) is 3.00. The fourth-order valence-electron chi connectivity index (χ4n) is 2.72. The summed E-state index contributed by atoms with van der Waals surface area (Å²) in [6, 6.07) is -1.24. The van der Waals surface area contributed by atoms with Gasteiger partial charge in [0.1, 0.15) is 12.1 Å². The number of hydrogen-bond donors (Lipinski definition) is 3. The maximum atomic E-state index is 12.4. The predicted octanol–water partition coefficient (Wildman–Crippen LogP) is -0.610. The number of nitrogens with one attached hydrogen (secondary N) is 3. The highest BCUT2D eigenvalue weighted by Crippen LogP contribution is 2.16. The average molecular weight is 340 g/mol. The second-order valence-electron chi connectivity index (χ2n) is 6.36. The summed E-state index contributed by atoms with van der Waals surface area (Å²) in [5.41, 5.74) is 0. The Balaban J connectivity index is 2.63. The van der Waals surface area contributed by atoms with Gasteiger partial charge in [-0.3, -0.25) is 19.2 Å². The summed E-state index contributed by atoms with van der Waals surface area (Å²) in [6.07, 6.45) is 2.50. The predicted molar refractivity (Wildman–Crippen MR) is 88.9 cm³/mol. The van der Waals surface area contributed by atoms with Gasteiger partial charge in [0.2, 0.25) is 24.1 Å². The molecule has 0 bridgehead atoms. The molecule has 4 amide bonds. The summed E-state index contributed by atoms with van der Waals surface area (Å²) in [7, 11) is 0. The minimum absolute atomic E-state index is 0.124. The van der Waals surface area contributed by atoms with Crippen LogP contribution in [0.3, 0.4) is 0 Å². The molecule has 0 radical (unpaired) electrons. The summed E-state index contributed by atoms with van der Waals surface area (Å²) in [5.74, 6) is -0.794. The lowest BCUT2D eigenvalue weighted by Crippen LogP contribution is -2.53. The molecule has 0 aromatic carbocycles. The van der Waals surface area contributed by atoms with E-state index >= 15 is 0 Å². The highest BCUT2D eigenvalue weighted by Gasteiger charge is 2.32. The Hall–Kier alpha value is -2.12. The van der Waals surface area contributed by atoms with Crippen LogP contribution in [-0.2, 0) is 19.2 Å². The molecule has 0 aromatic heterocycles. The molecule has 0 saturated carbocycles. The molecule has 1 aliphatic rings. The number of amides is 4. The second-order valence-corrected chi connectivity index (χ2v) is 6.36. The zero-order chi connectivity index (χ0) is 18.1. The van der Waals surface area contributed by atoms with E-state index in [2.05, 4.69) is 16.0 Å². The molecule has 1 rings (SSSR count). The Labute approximate surface area is 142 Å². The molecule has 1 fully saturated rings. The van der Waals surface area contributed by atoms with E-state index in [-0.39, 0.29) is 30.2 Å². The van der Waals surface area contributed by atoms with Gasteiger partial charge in [0, 0.05) is 13.1 Å². The quantitative estimate of drug-likeness (QED) is 0.487. The lowest BCUT2D eigenvalue weighted by atomic mass is 10.0. The van der Waals surface area contributed by atoms with Crippen molar-refractivity contribution < 1.29 is 19.2 Å². The monoisotopic (exact) mass is 340 g/mol. The number of carbonyl (C=O) groups is 4. The van der Waals surface area contributed by atoms with Crippen molar-refractivity contribution in [1.82, 2.24) is 20.9 Å². The first-order valence-electron chi connectivity index (χ1n) is 8.44. The SMILES string of the molecule is CCNC(=O)CNC(=O)[C@H](CC(C)C)NC(=O)[C@@H]1CCCN1C=O. The van der Waals surface area contributed by atoms with Crippen molar-refractivity contribution >= 4 is 24.1 Å². The molecule has 1 heterocycles. The number of rotatable bonds is 9. The summed E-state index contributed by atoms with van der Waals surface area (Å²) >= 11 is 0. The van der Waals surface area contributed by atoms with Gasteiger partial charge in [-0.1, -0.05) is 13.8 Å². The maximum Gasteiger partial charge on any atom is 0.243 e. The molecular weight excluding hydrogens is 312 g/mol. The maximum absolute atomic E-state index is 12.4. The number of likely N-dealkylation sites (N-methyl/N-ethyl adjacent to an activating group) is 1. The molecule has 0 aliphatic carbocycles. The Morgan fingerprint density at radius 3 is 2.54 bits per heavy atom. The zero-order valence-electron chi connectivity index (χ0n) is 14.6. The van der Waals surface area contributed by atoms with E-state index in [1.165, 1.54) is 4.90 Å². The third-order valence-corrected chi connectivity index (χ3v) is 3.87. The van der Waals surface area contributed by atoms with E-state index in [1.807, 2.05) is 13.8 Å². The van der Waals surface area contributed by atoms with Crippen LogP contribution in [0.2, 0.25) is 0 Å². The fraction of sp³-hybridized carbons (Fsp3) is 0.750. The van der Waals surface area contributed by atoms with Crippen LogP contribution >= 0.6 is 0 Å². The van der Waals surface area contributed by atoms with Crippen LogP contribution < -0.4 is 16.0 Å². The topological polar surface area (TPSA) is 108 Å². The summed E-state index contributed by atoms with van der Waals surface area (Å²) in [5, 5.41) is 7.86. The van der Waals surface area contributed by atoms with Crippen LogP contribution in [0.25, 0.3) is 0 Å². The van der Waals surface area contributed by atoms with E-state index in [0.29, 0.717) is 32.3 Å². The number of likely N-dealkylation sites (tertiary alicyclic amines) is 1. The molecule has 1 saturated heterocycles. The van der Waals surface area contributed by atoms with Crippen LogP contribution in [0.4, 0.5) is 0 Å². The van der Waals surface area contributed by atoms with Crippen molar-refractivity contribution in [2.45, 2.75) is 52.1 Å². The van der Waals surface area contributed by atoms with Crippen molar-refractivity contribution in [2.24, 2.45) is 5.92 Å². The van der Waals surface area contributed by atoms with Gasteiger partial charge >= 0.3 is 0 Å². The van der Waals surface area contributed by atoms with Crippen LogP contribution in [0.15, 0.2) is 0 Å². The highest BCUT2D eigenvalue weighted by atomic mass is 16.2. The van der Waals surface area contributed by atoms with Crippen molar-refractivity contribution in [3.05, 3.63) is 0 Å². The first-order chi connectivity index (χ1) is 11.4. The van der Waals surface area contributed by atoms with Gasteiger partial charge in [0.05, 0.1) is 6.54 Å². The summed E-state index contributed by atoms with van der Waals surface area (Å²) < 4.78 is 0. The van der Waals surface area contributed by atoms with Gasteiger partial charge in [0.25, 0.3) is 0 Å². The number of nitrogens with zero attached hydrogens (tertiary/aromatic N) is 1. The highest BCUT2D eigenvalue weighted by molar-refractivity contribution is 5.92. The molecule has 0 unspecified atom stereocenters. The van der Waals surface area contributed by atoms with E-state index in [4.69, 9.17) is 0 Å². The number of carbonyl (C=O) groups excluding carboxylic acids is 4. The molecule has 3 N–H and O–H groups in total. The molecule has 136 valence electrons. The Kier molecular flexibility index (Phi) is 8.21. The minimum Gasteiger partial charge on any atom is -0.355 e. The second kappa shape index (κ2) is 9.89. The Morgan fingerprint density at radius 1 is 1.25 bits per heavy atom. The summed E-state index contributed by atoms with van der Waals surface area (Å²) in [4.78, 5) is 48.6. The van der Waals surface area contributed by atoms with E-state index in [9.17, 15) is 19.2 Å². The van der Waals surface area contributed by atoms with Gasteiger partial charge in [-0.2, -0.15) is 0 Å². The molecule has 0 aromatic rings. The molecule has 2 atom stereocenters. The third kappa shape index (κ3) is 6.17. The molecule has 24 heavy (non-hydrogen) atoms. The zero-order valence-corrected chi connectivity index (χ0v) is 14.6. The molecule has 1 aliphatic heterocycles. The Morgan fingerprint density at radius 2 is 1.96 bits per heavy atom. The summed E-state index contributed by atoms with van der Waals surface area (Å²) in [6.45, 7) is 6.61. The Bertz CT molecular complexity index is 467. The third-order valence-electron chi connectivity index (χ3n) is 3.87.